The van der Waals surface area contributed by atoms with Gasteiger partial charge in [0.1, 0.15) is 0 Å². The Labute approximate surface area is 124 Å². The molecule has 2 aliphatic rings. The maximum absolute atomic E-state index is 12.9. The van der Waals surface area contributed by atoms with E-state index in [9.17, 15) is 14.7 Å². The van der Waals surface area contributed by atoms with Crippen LogP contribution in [0.4, 0.5) is 0 Å². The molecule has 1 aromatic carbocycles. The van der Waals surface area contributed by atoms with Gasteiger partial charge < -0.3 is 10.0 Å². The number of benzene rings is 1. The molecule has 4 heteroatoms. The van der Waals surface area contributed by atoms with Gasteiger partial charge >= 0.3 is 5.97 Å². The van der Waals surface area contributed by atoms with Crippen LogP contribution in [0.1, 0.15) is 36.8 Å². The molecule has 0 radical (unpaired) electrons. The fourth-order valence-electron chi connectivity index (χ4n) is 3.36. The van der Waals surface area contributed by atoms with Gasteiger partial charge in [-0.25, -0.2) is 0 Å². The van der Waals surface area contributed by atoms with Crippen LogP contribution in [0.5, 0.6) is 0 Å². The van der Waals surface area contributed by atoms with Crippen molar-refractivity contribution in [2.45, 2.75) is 38.0 Å². The zero-order chi connectivity index (χ0) is 15.0. The number of aliphatic carboxylic acids is 1. The van der Waals surface area contributed by atoms with Crippen molar-refractivity contribution < 1.29 is 14.7 Å². The molecule has 3 rings (SSSR count). The highest BCUT2D eigenvalue weighted by atomic mass is 16.4. The lowest BCUT2D eigenvalue weighted by Crippen LogP contribution is -2.46. The largest absolute Gasteiger partial charge is 0.481 e. The molecule has 2 fully saturated rings. The van der Waals surface area contributed by atoms with Gasteiger partial charge in [-0.05, 0) is 38.2 Å². The summed E-state index contributed by atoms with van der Waals surface area (Å²) in [7, 11) is 0. The minimum atomic E-state index is -0.784. The summed E-state index contributed by atoms with van der Waals surface area (Å²) in [6, 6.07) is 8.14. The topological polar surface area (TPSA) is 57.6 Å². The Kier molecular flexibility index (Phi) is 3.47. The average molecular weight is 287 g/mol. The molecule has 1 saturated carbocycles. The zero-order valence-electron chi connectivity index (χ0n) is 12.3. The van der Waals surface area contributed by atoms with E-state index < -0.39 is 11.9 Å². The maximum Gasteiger partial charge on any atom is 0.308 e. The van der Waals surface area contributed by atoms with Crippen LogP contribution >= 0.6 is 0 Å². The second-order valence-electron chi connectivity index (χ2n) is 6.38. The Morgan fingerprint density at radius 2 is 2.10 bits per heavy atom. The number of aryl methyl sites for hydroxylation is 1. The standard InChI is InChI=1S/C17H21NO3/c1-12-4-2-6-14(10-12)17(7-8-17)16(21)18-9-3-5-13(11-18)15(19)20/h2,4,6,10,13H,3,5,7-9,11H2,1H3,(H,19,20). The molecule has 0 aromatic heterocycles. The van der Waals surface area contributed by atoms with Crippen molar-refractivity contribution in [1.29, 1.82) is 0 Å². The zero-order valence-corrected chi connectivity index (χ0v) is 12.3. The Bertz CT molecular complexity index is 577. The molecule has 1 aliphatic heterocycles. The van der Waals surface area contributed by atoms with Crippen LogP contribution in [0.3, 0.4) is 0 Å². The van der Waals surface area contributed by atoms with Crippen molar-refractivity contribution in [2.24, 2.45) is 5.92 Å². The van der Waals surface area contributed by atoms with Crippen molar-refractivity contribution in [3.05, 3.63) is 35.4 Å². The van der Waals surface area contributed by atoms with E-state index in [-0.39, 0.29) is 11.3 Å². The first-order valence-electron chi connectivity index (χ1n) is 7.62. The van der Waals surface area contributed by atoms with Crippen molar-refractivity contribution in [3.63, 3.8) is 0 Å². The van der Waals surface area contributed by atoms with Crippen LogP contribution in [-0.2, 0) is 15.0 Å². The van der Waals surface area contributed by atoms with Gasteiger partial charge in [0.2, 0.25) is 5.91 Å². The number of hydrogen-bond acceptors (Lipinski definition) is 2. The van der Waals surface area contributed by atoms with Gasteiger partial charge in [-0.1, -0.05) is 29.8 Å². The molecule has 4 nitrogen and oxygen atoms in total. The summed E-state index contributed by atoms with van der Waals surface area (Å²) in [5, 5.41) is 9.17. The third-order valence-corrected chi connectivity index (χ3v) is 4.79. The fraction of sp³-hybridized carbons (Fsp3) is 0.529. The third kappa shape index (κ3) is 2.55. The van der Waals surface area contributed by atoms with E-state index in [4.69, 9.17) is 0 Å². The SMILES string of the molecule is Cc1cccc(C2(C(=O)N3CCCC(C(=O)O)C3)CC2)c1. The van der Waals surface area contributed by atoms with Crippen LogP contribution in [-0.4, -0.2) is 35.0 Å². The van der Waals surface area contributed by atoms with Gasteiger partial charge in [-0.15, -0.1) is 0 Å². The monoisotopic (exact) mass is 287 g/mol. The minimum Gasteiger partial charge on any atom is -0.481 e. The summed E-state index contributed by atoms with van der Waals surface area (Å²) in [4.78, 5) is 25.8. The number of piperidine rings is 1. The minimum absolute atomic E-state index is 0.124. The molecular weight excluding hydrogens is 266 g/mol. The first-order chi connectivity index (χ1) is 10.0. The summed E-state index contributed by atoms with van der Waals surface area (Å²) in [5.74, 6) is -1.07. The highest BCUT2D eigenvalue weighted by Gasteiger charge is 2.53. The first kappa shape index (κ1) is 14.1. The highest BCUT2D eigenvalue weighted by molar-refractivity contribution is 5.91. The van der Waals surface area contributed by atoms with E-state index in [0.29, 0.717) is 19.5 Å². The lowest BCUT2D eigenvalue weighted by Gasteiger charge is -2.33. The molecule has 0 spiro atoms. The first-order valence-corrected chi connectivity index (χ1v) is 7.62. The predicted molar refractivity (Wildman–Crippen MR) is 79.0 cm³/mol. The van der Waals surface area contributed by atoms with Gasteiger partial charge in [0.25, 0.3) is 0 Å². The highest BCUT2D eigenvalue weighted by Crippen LogP contribution is 2.50. The second-order valence-corrected chi connectivity index (χ2v) is 6.38. The smallest absolute Gasteiger partial charge is 0.308 e. The summed E-state index contributed by atoms with van der Waals surface area (Å²) in [6.07, 6.45) is 3.22. The molecule has 1 heterocycles. The lowest BCUT2D eigenvalue weighted by atomic mass is 9.90. The van der Waals surface area contributed by atoms with Crippen molar-refractivity contribution in [1.82, 2.24) is 4.90 Å². The Hall–Kier alpha value is -1.84. The molecule has 1 saturated heterocycles. The number of nitrogens with zero attached hydrogens (tertiary/aromatic N) is 1. The molecule has 1 aliphatic carbocycles. The van der Waals surface area contributed by atoms with Crippen molar-refractivity contribution >= 4 is 11.9 Å². The third-order valence-electron chi connectivity index (χ3n) is 4.79. The summed E-state index contributed by atoms with van der Waals surface area (Å²) in [5.41, 5.74) is 1.87. The van der Waals surface area contributed by atoms with Gasteiger partial charge in [0.15, 0.2) is 0 Å². The number of amides is 1. The second kappa shape index (κ2) is 5.17. The van der Waals surface area contributed by atoms with Crippen molar-refractivity contribution in [3.8, 4) is 0 Å². The van der Waals surface area contributed by atoms with Crippen LogP contribution in [0, 0.1) is 12.8 Å². The normalized spacial score (nSPS) is 23.7. The Morgan fingerprint density at radius 1 is 1.33 bits per heavy atom. The lowest BCUT2D eigenvalue weighted by molar-refractivity contribution is -0.146. The van der Waals surface area contributed by atoms with E-state index >= 15 is 0 Å². The summed E-state index contributed by atoms with van der Waals surface area (Å²) in [6.45, 7) is 3.09. The van der Waals surface area contributed by atoms with E-state index in [1.165, 1.54) is 0 Å². The van der Waals surface area contributed by atoms with Crippen LogP contribution in [0.25, 0.3) is 0 Å². The molecule has 1 N–H and O–H groups in total. The molecule has 1 amide bonds. The average Bonchev–Trinajstić information content (AvgIpc) is 3.28. The number of carboxylic acids is 1. The number of hydrogen-bond donors (Lipinski definition) is 1. The molecule has 112 valence electrons. The van der Waals surface area contributed by atoms with Gasteiger partial charge in [0.05, 0.1) is 11.3 Å². The molecular formula is C17H21NO3. The number of carboxylic acid groups (broad SMARTS) is 1. The summed E-state index contributed by atoms with van der Waals surface area (Å²) < 4.78 is 0. The Morgan fingerprint density at radius 3 is 2.71 bits per heavy atom. The number of rotatable bonds is 3. The fourth-order valence-corrected chi connectivity index (χ4v) is 3.36. The number of carbonyl (C=O) groups excluding carboxylic acids is 1. The van der Waals surface area contributed by atoms with E-state index in [2.05, 4.69) is 6.07 Å². The molecule has 1 unspecified atom stereocenters. The molecule has 0 bridgehead atoms. The molecule has 1 aromatic rings. The van der Waals surface area contributed by atoms with Crippen molar-refractivity contribution in [2.75, 3.05) is 13.1 Å². The van der Waals surface area contributed by atoms with Gasteiger partial charge in [0, 0.05) is 13.1 Å². The van der Waals surface area contributed by atoms with E-state index in [1.54, 1.807) is 4.90 Å². The summed E-state index contributed by atoms with van der Waals surface area (Å²) >= 11 is 0. The number of likely N-dealkylation sites (tertiary alicyclic amines) is 1. The molecule has 21 heavy (non-hydrogen) atoms. The Balaban J connectivity index is 1.80. The van der Waals surface area contributed by atoms with E-state index in [0.717, 1.165) is 30.4 Å². The quantitative estimate of drug-likeness (QED) is 0.928. The molecule has 1 atom stereocenters. The maximum atomic E-state index is 12.9. The number of carbonyl (C=O) groups is 2. The van der Waals surface area contributed by atoms with Crippen LogP contribution in [0.2, 0.25) is 0 Å². The van der Waals surface area contributed by atoms with Gasteiger partial charge in [-0.3, -0.25) is 9.59 Å². The van der Waals surface area contributed by atoms with Crippen LogP contribution < -0.4 is 0 Å². The predicted octanol–water partition coefficient (Wildman–Crippen LogP) is 2.35. The van der Waals surface area contributed by atoms with Crippen LogP contribution in [0.15, 0.2) is 24.3 Å². The van der Waals surface area contributed by atoms with E-state index in [1.807, 2.05) is 25.1 Å². The van der Waals surface area contributed by atoms with Gasteiger partial charge in [-0.2, -0.15) is 0 Å².